The monoisotopic (exact) mass is 312 g/mol. The molecule has 0 bridgehead atoms. The lowest BCUT2D eigenvalue weighted by Gasteiger charge is -2.05. The molecule has 0 aliphatic carbocycles. The first-order chi connectivity index (χ1) is 11.9. The quantitative estimate of drug-likeness (QED) is 0.513. The highest BCUT2D eigenvalue weighted by molar-refractivity contribution is 6.06. The number of hydrogen-bond acceptors (Lipinski definition) is 5. The largest absolute Gasteiger partial charge is 0.456 e. The Kier molecular flexibility index (Phi) is 2.72. The van der Waals surface area contributed by atoms with Crippen molar-refractivity contribution in [2.24, 2.45) is 0 Å². The van der Waals surface area contributed by atoms with E-state index in [0.29, 0.717) is 11.5 Å². The average Bonchev–Trinajstić information content (AvgIpc) is 3.00. The van der Waals surface area contributed by atoms with E-state index in [1.807, 2.05) is 42.5 Å². The topological polar surface area (TPSA) is 63.8 Å². The third kappa shape index (κ3) is 2.06. The Labute approximate surface area is 137 Å². The zero-order valence-electron chi connectivity index (χ0n) is 12.6. The number of para-hydroxylation sites is 1. The van der Waals surface area contributed by atoms with Crippen LogP contribution in [-0.4, -0.2) is 15.0 Å². The molecule has 5 nitrogen and oxygen atoms in total. The Balaban J connectivity index is 1.59. The van der Waals surface area contributed by atoms with Crippen molar-refractivity contribution in [2.75, 3.05) is 5.32 Å². The van der Waals surface area contributed by atoms with E-state index in [9.17, 15) is 0 Å². The fraction of sp³-hybridized carbons (Fsp3) is 0. The van der Waals surface area contributed by atoms with Crippen molar-refractivity contribution in [3.8, 4) is 0 Å². The molecule has 114 valence electrons. The SMILES string of the molecule is c1cnc2nc(Nc3ccc4oc5ccccc5c4c3)cnc2c1. The second kappa shape index (κ2) is 5.03. The van der Waals surface area contributed by atoms with E-state index in [2.05, 4.69) is 32.4 Å². The van der Waals surface area contributed by atoms with E-state index >= 15 is 0 Å². The summed E-state index contributed by atoms with van der Waals surface area (Å²) in [6, 6.07) is 17.8. The molecule has 1 N–H and O–H groups in total. The van der Waals surface area contributed by atoms with E-state index in [-0.39, 0.29) is 0 Å². The molecule has 3 aromatic heterocycles. The standard InChI is InChI=1S/C19H12N4O/c1-2-6-16-13(4-1)14-10-12(7-8-17(14)24-16)22-18-11-21-15-5-3-9-20-19(15)23-18/h1-11H,(H,20,22,23). The van der Waals surface area contributed by atoms with Crippen molar-refractivity contribution in [1.29, 1.82) is 0 Å². The Morgan fingerprint density at radius 3 is 2.75 bits per heavy atom. The molecule has 0 saturated heterocycles. The van der Waals surface area contributed by atoms with Gasteiger partial charge in [0.05, 0.1) is 6.20 Å². The van der Waals surface area contributed by atoms with Gasteiger partial charge in [-0.3, -0.25) is 0 Å². The summed E-state index contributed by atoms with van der Waals surface area (Å²) in [7, 11) is 0. The summed E-state index contributed by atoms with van der Waals surface area (Å²) in [4.78, 5) is 13.1. The highest BCUT2D eigenvalue weighted by Gasteiger charge is 2.07. The molecule has 0 saturated carbocycles. The van der Waals surface area contributed by atoms with Gasteiger partial charge in [-0.15, -0.1) is 0 Å². The minimum Gasteiger partial charge on any atom is -0.456 e. The number of benzene rings is 2. The van der Waals surface area contributed by atoms with Gasteiger partial charge in [-0.05, 0) is 36.4 Å². The number of rotatable bonds is 2. The summed E-state index contributed by atoms with van der Waals surface area (Å²) in [5.74, 6) is 0.661. The molecule has 0 aliphatic heterocycles. The Bertz CT molecular complexity index is 1200. The summed E-state index contributed by atoms with van der Waals surface area (Å²) >= 11 is 0. The van der Waals surface area contributed by atoms with Crippen LogP contribution < -0.4 is 5.32 Å². The molecule has 0 unspecified atom stereocenters. The Hall–Kier alpha value is -3.47. The third-order valence-electron chi connectivity index (χ3n) is 3.97. The summed E-state index contributed by atoms with van der Waals surface area (Å²) in [5, 5.41) is 5.46. The van der Waals surface area contributed by atoms with Gasteiger partial charge in [-0.25, -0.2) is 15.0 Å². The second-order valence-electron chi connectivity index (χ2n) is 5.54. The van der Waals surface area contributed by atoms with Gasteiger partial charge in [0.2, 0.25) is 0 Å². The molecular weight excluding hydrogens is 300 g/mol. The first kappa shape index (κ1) is 13.0. The van der Waals surface area contributed by atoms with Crippen LogP contribution in [0.1, 0.15) is 0 Å². The molecule has 0 radical (unpaired) electrons. The number of anilines is 2. The number of fused-ring (bicyclic) bond motifs is 4. The molecule has 5 heteroatoms. The number of hydrogen-bond donors (Lipinski definition) is 1. The minimum absolute atomic E-state index is 0.623. The third-order valence-corrected chi connectivity index (χ3v) is 3.97. The summed E-state index contributed by atoms with van der Waals surface area (Å²) < 4.78 is 5.85. The lowest BCUT2D eigenvalue weighted by Crippen LogP contribution is -1.96. The van der Waals surface area contributed by atoms with Crippen molar-refractivity contribution in [2.45, 2.75) is 0 Å². The molecule has 0 amide bonds. The molecule has 0 fully saturated rings. The van der Waals surface area contributed by atoms with Crippen LogP contribution in [0.5, 0.6) is 0 Å². The molecule has 0 spiro atoms. The predicted octanol–water partition coefficient (Wildman–Crippen LogP) is 4.67. The van der Waals surface area contributed by atoms with Crippen LogP contribution >= 0.6 is 0 Å². The molecule has 3 heterocycles. The van der Waals surface area contributed by atoms with Gasteiger partial charge in [0.15, 0.2) is 11.5 Å². The number of nitrogens with one attached hydrogen (secondary N) is 1. The van der Waals surface area contributed by atoms with Crippen LogP contribution in [0.4, 0.5) is 11.5 Å². The molecule has 0 atom stereocenters. The van der Waals surface area contributed by atoms with Crippen molar-refractivity contribution >= 4 is 44.6 Å². The molecule has 0 aliphatic rings. The maximum absolute atomic E-state index is 5.85. The van der Waals surface area contributed by atoms with Crippen LogP contribution in [0.2, 0.25) is 0 Å². The van der Waals surface area contributed by atoms with E-state index in [0.717, 1.165) is 33.1 Å². The smallest absolute Gasteiger partial charge is 0.180 e. The number of aromatic nitrogens is 3. The molecular formula is C19H12N4O. The highest BCUT2D eigenvalue weighted by atomic mass is 16.3. The van der Waals surface area contributed by atoms with Gasteiger partial charge in [0, 0.05) is 22.7 Å². The highest BCUT2D eigenvalue weighted by Crippen LogP contribution is 2.31. The maximum Gasteiger partial charge on any atom is 0.180 e. The normalized spacial score (nSPS) is 11.3. The minimum atomic E-state index is 0.623. The number of furan rings is 1. The first-order valence-corrected chi connectivity index (χ1v) is 7.63. The van der Waals surface area contributed by atoms with E-state index in [4.69, 9.17) is 4.42 Å². The molecule has 2 aromatic carbocycles. The van der Waals surface area contributed by atoms with Crippen LogP contribution in [0.15, 0.2) is 71.4 Å². The van der Waals surface area contributed by atoms with Crippen molar-refractivity contribution in [3.63, 3.8) is 0 Å². The average molecular weight is 312 g/mol. The van der Waals surface area contributed by atoms with E-state index < -0.39 is 0 Å². The van der Waals surface area contributed by atoms with Crippen LogP contribution in [0, 0.1) is 0 Å². The second-order valence-corrected chi connectivity index (χ2v) is 5.54. The number of nitrogens with zero attached hydrogens (tertiary/aromatic N) is 3. The number of pyridine rings is 1. The Morgan fingerprint density at radius 2 is 1.75 bits per heavy atom. The van der Waals surface area contributed by atoms with Gasteiger partial charge in [0.25, 0.3) is 0 Å². The fourth-order valence-corrected chi connectivity index (χ4v) is 2.86. The molecule has 24 heavy (non-hydrogen) atoms. The van der Waals surface area contributed by atoms with Gasteiger partial charge in [-0.2, -0.15) is 0 Å². The van der Waals surface area contributed by atoms with Crippen molar-refractivity contribution in [3.05, 3.63) is 67.0 Å². The lowest BCUT2D eigenvalue weighted by atomic mass is 10.1. The summed E-state index contributed by atoms with van der Waals surface area (Å²) in [6.07, 6.45) is 3.42. The molecule has 5 aromatic rings. The van der Waals surface area contributed by atoms with Gasteiger partial charge < -0.3 is 9.73 Å². The first-order valence-electron chi connectivity index (χ1n) is 7.63. The van der Waals surface area contributed by atoms with Crippen LogP contribution in [0.3, 0.4) is 0 Å². The van der Waals surface area contributed by atoms with Gasteiger partial charge in [0.1, 0.15) is 16.7 Å². The maximum atomic E-state index is 5.85. The van der Waals surface area contributed by atoms with Crippen molar-refractivity contribution < 1.29 is 4.42 Å². The van der Waals surface area contributed by atoms with Crippen LogP contribution in [0.25, 0.3) is 33.1 Å². The summed E-state index contributed by atoms with van der Waals surface area (Å²) in [5.41, 5.74) is 4.09. The van der Waals surface area contributed by atoms with Crippen LogP contribution in [-0.2, 0) is 0 Å². The van der Waals surface area contributed by atoms with Gasteiger partial charge in [-0.1, -0.05) is 18.2 Å². The lowest BCUT2D eigenvalue weighted by molar-refractivity contribution is 0.669. The predicted molar refractivity (Wildman–Crippen MR) is 94.3 cm³/mol. The summed E-state index contributed by atoms with van der Waals surface area (Å²) in [6.45, 7) is 0. The van der Waals surface area contributed by atoms with E-state index in [1.165, 1.54) is 0 Å². The van der Waals surface area contributed by atoms with Crippen molar-refractivity contribution in [1.82, 2.24) is 15.0 Å². The zero-order valence-corrected chi connectivity index (χ0v) is 12.6. The van der Waals surface area contributed by atoms with E-state index in [1.54, 1.807) is 12.4 Å². The van der Waals surface area contributed by atoms with Gasteiger partial charge >= 0.3 is 0 Å². The fourth-order valence-electron chi connectivity index (χ4n) is 2.86. The zero-order chi connectivity index (χ0) is 15.9. The Morgan fingerprint density at radius 1 is 0.833 bits per heavy atom. The molecule has 5 rings (SSSR count).